The molecular formula is C14H14N2O2S. The molecule has 0 saturated carbocycles. The number of rotatable bonds is 4. The van der Waals surface area contributed by atoms with Crippen LogP contribution in [0.25, 0.3) is 11.3 Å². The molecule has 5 heteroatoms. The standard InChI is InChI=1S/C14H14N2O2S/c1-9-7-12(16-13(15-9)8-14(17)18)10-3-5-11(19-2)6-4-10/h3-7H,8H2,1-2H3,(H,17,18). The van der Waals surface area contributed by atoms with Crippen LogP contribution >= 0.6 is 11.8 Å². The van der Waals surface area contributed by atoms with Crippen molar-refractivity contribution in [3.05, 3.63) is 41.9 Å². The lowest BCUT2D eigenvalue weighted by atomic mass is 10.1. The van der Waals surface area contributed by atoms with Crippen LogP contribution in [0.2, 0.25) is 0 Å². The maximum Gasteiger partial charge on any atom is 0.311 e. The molecule has 2 aromatic rings. The summed E-state index contributed by atoms with van der Waals surface area (Å²) in [5.74, 6) is -0.578. The molecule has 4 nitrogen and oxygen atoms in total. The van der Waals surface area contributed by atoms with E-state index in [1.54, 1.807) is 11.8 Å². The molecule has 1 aromatic carbocycles. The van der Waals surface area contributed by atoms with Crippen LogP contribution in [0.1, 0.15) is 11.5 Å². The van der Waals surface area contributed by atoms with Gasteiger partial charge in [-0.05, 0) is 31.4 Å². The summed E-state index contributed by atoms with van der Waals surface area (Å²) in [7, 11) is 0. The summed E-state index contributed by atoms with van der Waals surface area (Å²) in [5.41, 5.74) is 2.50. The van der Waals surface area contributed by atoms with E-state index in [1.807, 2.05) is 43.5 Å². The topological polar surface area (TPSA) is 63.1 Å². The van der Waals surface area contributed by atoms with Gasteiger partial charge in [0.25, 0.3) is 0 Å². The van der Waals surface area contributed by atoms with Crippen LogP contribution in [0.5, 0.6) is 0 Å². The van der Waals surface area contributed by atoms with Crippen LogP contribution in [0, 0.1) is 6.92 Å². The molecule has 98 valence electrons. The minimum atomic E-state index is -0.922. The zero-order valence-corrected chi connectivity index (χ0v) is 11.6. The molecule has 1 N–H and O–H groups in total. The molecule has 0 aliphatic rings. The predicted octanol–water partition coefficient (Wildman–Crippen LogP) is 2.80. The van der Waals surface area contributed by atoms with Crippen molar-refractivity contribution >= 4 is 17.7 Å². The Morgan fingerprint density at radius 2 is 1.95 bits per heavy atom. The van der Waals surface area contributed by atoms with E-state index in [0.29, 0.717) is 5.82 Å². The number of aliphatic carboxylic acids is 1. The Morgan fingerprint density at radius 3 is 2.53 bits per heavy atom. The normalized spacial score (nSPS) is 10.4. The Kier molecular flexibility index (Phi) is 4.16. The number of thioether (sulfide) groups is 1. The van der Waals surface area contributed by atoms with E-state index in [2.05, 4.69) is 9.97 Å². The average molecular weight is 274 g/mol. The van der Waals surface area contributed by atoms with Gasteiger partial charge in [0.05, 0.1) is 5.69 Å². The maximum atomic E-state index is 10.7. The molecular weight excluding hydrogens is 260 g/mol. The highest BCUT2D eigenvalue weighted by molar-refractivity contribution is 7.98. The summed E-state index contributed by atoms with van der Waals surface area (Å²) >= 11 is 1.68. The second-order valence-corrected chi connectivity index (χ2v) is 4.99. The van der Waals surface area contributed by atoms with Crippen molar-refractivity contribution in [1.82, 2.24) is 9.97 Å². The lowest BCUT2D eigenvalue weighted by Gasteiger charge is -2.05. The summed E-state index contributed by atoms with van der Waals surface area (Å²) in [6.45, 7) is 1.84. The highest BCUT2D eigenvalue weighted by Crippen LogP contribution is 2.22. The van der Waals surface area contributed by atoms with E-state index in [9.17, 15) is 4.79 Å². The van der Waals surface area contributed by atoms with E-state index in [-0.39, 0.29) is 6.42 Å². The van der Waals surface area contributed by atoms with E-state index in [1.165, 1.54) is 4.90 Å². The Hall–Kier alpha value is -1.88. The molecule has 0 unspecified atom stereocenters. The van der Waals surface area contributed by atoms with Gasteiger partial charge in [-0.25, -0.2) is 9.97 Å². The lowest BCUT2D eigenvalue weighted by molar-refractivity contribution is -0.136. The van der Waals surface area contributed by atoms with Crippen molar-refractivity contribution in [2.75, 3.05) is 6.26 Å². The number of carboxylic acid groups (broad SMARTS) is 1. The Morgan fingerprint density at radius 1 is 1.26 bits per heavy atom. The summed E-state index contributed by atoms with van der Waals surface area (Å²) in [6, 6.07) is 9.87. The van der Waals surface area contributed by atoms with Crippen molar-refractivity contribution < 1.29 is 9.90 Å². The Bertz CT molecular complexity index is 597. The molecule has 0 aliphatic carbocycles. The Labute approximate surface area is 115 Å². The minimum Gasteiger partial charge on any atom is -0.481 e. The second-order valence-electron chi connectivity index (χ2n) is 4.11. The molecule has 0 spiro atoms. The smallest absolute Gasteiger partial charge is 0.311 e. The number of hydrogen-bond donors (Lipinski definition) is 1. The first-order chi connectivity index (χ1) is 9.08. The van der Waals surface area contributed by atoms with E-state index in [4.69, 9.17) is 5.11 Å². The van der Waals surface area contributed by atoms with Crippen molar-refractivity contribution in [2.24, 2.45) is 0 Å². The van der Waals surface area contributed by atoms with Crippen LogP contribution in [0.4, 0.5) is 0 Å². The van der Waals surface area contributed by atoms with Gasteiger partial charge in [0.15, 0.2) is 0 Å². The first-order valence-electron chi connectivity index (χ1n) is 5.79. The molecule has 0 aliphatic heterocycles. The van der Waals surface area contributed by atoms with Gasteiger partial charge in [-0.1, -0.05) is 12.1 Å². The molecule has 0 radical (unpaired) electrons. The quantitative estimate of drug-likeness (QED) is 0.869. The fourth-order valence-corrected chi connectivity index (χ4v) is 2.16. The lowest BCUT2D eigenvalue weighted by Crippen LogP contribution is -2.06. The van der Waals surface area contributed by atoms with Crippen molar-refractivity contribution in [1.29, 1.82) is 0 Å². The molecule has 2 rings (SSSR count). The van der Waals surface area contributed by atoms with Crippen LogP contribution in [-0.2, 0) is 11.2 Å². The molecule has 0 amide bonds. The van der Waals surface area contributed by atoms with Crippen molar-refractivity contribution in [3.8, 4) is 11.3 Å². The van der Waals surface area contributed by atoms with E-state index in [0.717, 1.165) is 17.0 Å². The van der Waals surface area contributed by atoms with Gasteiger partial charge in [0.2, 0.25) is 0 Å². The number of aryl methyl sites for hydroxylation is 1. The van der Waals surface area contributed by atoms with Crippen molar-refractivity contribution in [3.63, 3.8) is 0 Å². The first-order valence-corrected chi connectivity index (χ1v) is 7.02. The SMILES string of the molecule is CSc1ccc(-c2cc(C)nc(CC(=O)O)n2)cc1. The van der Waals surface area contributed by atoms with Crippen LogP contribution < -0.4 is 0 Å². The minimum absolute atomic E-state index is 0.155. The predicted molar refractivity (Wildman–Crippen MR) is 75.3 cm³/mol. The molecule has 0 fully saturated rings. The van der Waals surface area contributed by atoms with Gasteiger partial charge in [0.1, 0.15) is 12.2 Å². The molecule has 1 heterocycles. The van der Waals surface area contributed by atoms with Gasteiger partial charge in [0, 0.05) is 16.2 Å². The number of hydrogen-bond acceptors (Lipinski definition) is 4. The number of benzene rings is 1. The summed E-state index contributed by atoms with van der Waals surface area (Å²) in [6.07, 6.45) is 1.87. The second kappa shape index (κ2) is 5.84. The summed E-state index contributed by atoms with van der Waals surface area (Å²) in [4.78, 5) is 20.3. The van der Waals surface area contributed by atoms with E-state index < -0.39 is 5.97 Å². The monoisotopic (exact) mass is 274 g/mol. The van der Waals surface area contributed by atoms with Gasteiger partial charge >= 0.3 is 5.97 Å². The molecule has 19 heavy (non-hydrogen) atoms. The summed E-state index contributed by atoms with van der Waals surface area (Å²) in [5, 5.41) is 8.80. The van der Waals surface area contributed by atoms with Crippen LogP contribution in [0.3, 0.4) is 0 Å². The Balaban J connectivity index is 2.37. The summed E-state index contributed by atoms with van der Waals surface area (Å²) < 4.78 is 0. The van der Waals surface area contributed by atoms with Crippen LogP contribution in [-0.4, -0.2) is 27.3 Å². The number of carbonyl (C=O) groups is 1. The number of nitrogens with zero attached hydrogens (tertiary/aromatic N) is 2. The third-order valence-electron chi connectivity index (χ3n) is 2.60. The molecule has 0 atom stereocenters. The fraction of sp³-hybridized carbons (Fsp3) is 0.214. The maximum absolute atomic E-state index is 10.7. The van der Waals surface area contributed by atoms with Gasteiger partial charge < -0.3 is 5.11 Å². The average Bonchev–Trinajstić information content (AvgIpc) is 2.37. The van der Waals surface area contributed by atoms with E-state index >= 15 is 0 Å². The van der Waals surface area contributed by atoms with Gasteiger partial charge in [-0.3, -0.25) is 4.79 Å². The molecule has 0 bridgehead atoms. The highest BCUT2D eigenvalue weighted by atomic mass is 32.2. The zero-order valence-electron chi connectivity index (χ0n) is 10.8. The molecule has 0 saturated heterocycles. The highest BCUT2D eigenvalue weighted by Gasteiger charge is 2.08. The third-order valence-corrected chi connectivity index (χ3v) is 3.34. The first kappa shape index (κ1) is 13.5. The fourth-order valence-electron chi connectivity index (χ4n) is 1.75. The van der Waals surface area contributed by atoms with Gasteiger partial charge in [-0.15, -0.1) is 11.8 Å². The molecule has 1 aromatic heterocycles. The van der Waals surface area contributed by atoms with Crippen LogP contribution in [0.15, 0.2) is 35.2 Å². The largest absolute Gasteiger partial charge is 0.481 e. The number of carboxylic acids is 1. The number of aromatic nitrogens is 2. The zero-order chi connectivity index (χ0) is 13.8. The van der Waals surface area contributed by atoms with Gasteiger partial charge in [-0.2, -0.15) is 0 Å². The third kappa shape index (κ3) is 3.54. The van der Waals surface area contributed by atoms with Crippen molar-refractivity contribution in [2.45, 2.75) is 18.2 Å².